The topological polar surface area (TPSA) is 54.0 Å². The molecule has 0 amide bonds. The number of benzene rings is 2. The van der Waals surface area contributed by atoms with Crippen molar-refractivity contribution in [1.82, 2.24) is 0 Å². The van der Waals surface area contributed by atoms with Crippen LogP contribution in [0, 0.1) is 0 Å². The van der Waals surface area contributed by atoms with Crippen molar-refractivity contribution in [3.63, 3.8) is 0 Å². The fourth-order valence-corrected chi connectivity index (χ4v) is 5.15. The SMILES string of the molecule is COCOc1cc(OC)cc(C[Se]c2ccccc2)c1C(=O)OCC[Si](C)(C)C. The summed E-state index contributed by atoms with van der Waals surface area (Å²) >= 11 is 0.166. The molecule has 0 unspecified atom stereocenters. The zero-order chi connectivity index (χ0) is 21.3. The van der Waals surface area contributed by atoms with Gasteiger partial charge in [-0.1, -0.05) is 0 Å². The van der Waals surface area contributed by atoms with E-state index >= 15 is 0 Å². The van der Waals surface area contributed by atoms with Crippen molar-refractivity contribution >= 4 is 33.5 Å². The Labute approximate surface area is 180 Å². The number of ether oxygens (including phenoxy) is 4. The molecule has 5 nitrogen and oxygen atoms in total. The molecule has 158 valence electrons. The average molecular weight is 482 g/mol. The third kappa shape index (κ3) is 7.86. The van der Waals surface area contributed by atoms with E-state index in [1.54, 1.807) is 20.3 Å². The minimum absolute atomic E-state index is 0.0472. The number of rotatable bonds is 11. The molecule has 0 aliphatic carbocycles. The second-order valence-electron chi connectivity index (χ2n) is 7.76. The van der Waals surface area contributed by atoms with Gasteiger partial charge in [0.25, 0.3) is 0 Å². The molecule has 7 heteroatoms. The summed E-state index contributed by atoms with van der Waals surface area (Å²) in [6.07, 6.45) is 0. The van der Waals surface area contributed by atoms with Crippen LogP contribution in [0.5, 0.6) is 11.5 Å². The third-order valence-corrected chi connectivity index (χ3v) is 8.08. The summed E-state index contributed by atoms with van der Waals surface area (Å²) in [5, 5.41) is 0.732. The number of hydrogen-bond acceptors (Lipinski definition) is 5. The quantitative estimate of drug-likeness (QED) is 0.278. The van der Waals surface area contributed by atoms with Gasteiger partial charge in [-0.25, -0.2) is 0 Å². The van der Waals surface area contributed by atoms with Gasteiger partial charge in [-0.15, -0.1) is 0 Å². The number of esters is 1. The van der Waals surface area contributed by atoms with Crippen molar-refractivity contribution in [3.05, 3.63) is 53.6 Å². The third-order valence-electron chi connectivity index (χ3n) is 4.15. The molecule has 0 aromatic heterocycles. The molecular weight excluding hydrogens is 451 g/mol. The molecule has 0 heterocycles. The van der Waals surface area contributed by atoms with Crippen LogP contribution in [0.4, 0.5) is 0 Å². The first-order chi connectivity index (χ1) is 13.8. The molecule has 0 fully saturated rings. The molecule has 2 rings (SSSR count). The first-order valence-electron chi connectivity index (χ1n) is 9.51. The number of hydrogen-bond donors (Lipinski definition) is 0. The van der Waals surface area contributed by atoms with Gasteiger partial charge < -0.3 is 0 Å². The monoisotopic (exact) mass is 482 g/mol. The van der Waals surface area contributed by atoms with Gasteiger partial charge in [-0.3, -0.25) is 0 Å². The van der Waals surface area contributed by atoms with Gasteiger partial charge >= 0.3 is 181 Å². The van der Waals surface area contributed by atoms with E-state index in [4.69, 9.17) is 18.9 Å². The van der Waals surface area contributed by atoms with Crippen molar-refractivity contribution < 1.29 is 23.7 Å². The summed E-state index contributed by atoms with van der Waals surface area (Å²) in [5.41, 5.74) is 1.34. The molecule has 0 aliphatic heterocycles. The van der Waals surface area contributed by atoms with Gasteiger partial charge in [0.2, 0.25) is 0 Å². The molecule has 0 atom stereocenters. The number of carbonyl (C=O) groups excluding carboxylic acids is 1. The molecule has 0 radical (unpaired) electrons. The molecule has 2 aromatic rings. The molecular formula is C22H30O5SeSi. The zero-order valence-electron chi connectivity index (χ0n) is 17.8. The van der Waals surface area contributed by atoms with E-state index in [1.165, 1.54) is 4.46 Å². The van der Waals surface area contributed by atoms with Crippen LogP contribution in [-0.2, 0) is 14.8 Å². The summed E-state index contributed by atoms with van der Waals surface area (Å²) in [7, 11) is 1.86. The summed E-state index contributed by atoms with van der Waals surface area (Å²) in [5.74, 6) is 0.729. The van der Waals surface area contributed by atoms with Gasteiger partial charge in [0.05, 0.1) is 0 Å². The molecule has 0 bridgehead atoms. The van der Waals surface area contributed by atoms with Crippen LogP contribution >= 0.6 is 0 Å². The van der Waals surface area contributed by atoms with Gasteiger partial charge in [0.15, 0.2) is 0 Å². The fourth-order valence-electron chi connectivity index (χ4n) is 2.54. The van der Waals surface area contributed by atoms with E-state index in [9.17, 15) is 4.79 Å². The van der Waals surface area contributed by atoms with Crippen molar-refractivity contribution in [2.45, 2.75) is 31.0 Å². The Morgan fingerprint density at radius 2 is 1.79 bits per heavy atom. The predicted octanol–water partition coefficient (Wildman–Crippen LogP) is 3.70. The molecule has 0 saturated heterocycles. The Morgan fingerprint density at radius 1 is 1.07 bits per heavy atom. The van der Waals surface area contributed by atoms with Gasteiger partial charge in [-0.05, 0) is 0 Å². The van der Waals surface area contributed by atoms with Crippen molar-refractivity contribution in [2.24, 2.45) is 0 Å². The van der Waals surface area contributed by atoms with Gasteiger partial charge in [0, 0.05) is 0 Å². The first kappa shape index (κ1) is 23.5. The fraction of sp³-hybridized carbons (Fsp3) is 0.409. The zero-order valence-corrected chi connectivity index (χ0v) is 20.5. The first-order valence-corrected chi connectivity index (χ1v) is 15.3. The van der Waals surface area contributed by atoms with Gasteiger partial charge in [-0.2, -0.15) is 0 Å². The average Bonchev–Trinajstić information content (AvgIpc) is 2.69. The number of carbonyl (C=O) groups is 1. The van der Waals surface area contributed by atoms with Crippen LogP contribution in [0.1, 0.15) is 15.9 Å². The van der Waals surface area contributed by atoms with Crippen LogP contribution in [0.3, 0.4) is 0 Å². The maximum absolute atomic E-state index is 13.0. The van der Waals surface area contributed by atoms with Crippen molar-refractivity contribution in [3.8, 4) is 11.5 Å². The molecule has 2 aromatic carbocycles. The van der Waals surface area contributed by atoms with Gasteiger partial charge in [0.1, 0.15) is 0 Å². The van der Waals surface area contributed by atoms with E-state index in [2.05, 4.69) is 31.8 Å². The summed E-state index contributed by atoms with van der Waals surface area (Å²) < 4.78 is 23.1. The Morgan fingerprint density at radius 3 is 2.41 bits per heavy atom. The Hall–Kier alpha value is -1.79. The van der Waals surface area contributed by atoms with Crippen LogP contribution in [0.2, 0.25) is 25.7 Å². The predicted molar refractivity (Wildman–Crippen MR) is 119 cm³/mol. The van der Waals surface area contributed by atoms with Crippen molar-refractivity contribution in [1.29, 1.82) is 0 Å². The Balaban J connectivity index is 2.30. The van der Waals surface area contributed by atoms with Crippen molar-refractivity contribution in [2.75, 3.05) is 27.6 Å². The summed E-state index contributed by atoms with van der Waals surface area (Å²) in [6.45, 7) is 7.25. The molecule has 0 saturated carbocycles. The Bertz CT molecular complexity index is 790. The standard InChI is InChI=1S/C22H30O5SeSi/c1-24-16-27-20-14-18(25-2)13-17(15-28-19-9-7-6-8-10-19)21(20)22(23)26-11-12-29(3,4)5/h6-10,13-14H,11-12,15-16H2,1-5H3. The summed E-state index contributed by atoms with van der Waals surface area (Å²) in [4.78, 5) is 13.0. The number of methoxy groups -OCH3 is 2. The van der Waals surface area contributed by atoms with E-state index < -0.39 is 8.07 Å². The van der Waals surface area contributed by atoms with E-state index in [0.29, 0.717) is 23.7 Å². The minimum atomic E-state index is -1.29. The molecule has 0 spiro atoms. The second kappa shape index (κ2) is 11.4. The maximum atomic E-state index is 13.0. The van der Waals surface area contributed by atoms with E-state index in [0.717, 1.165) is 16.9 Å². The van der Waals surface area contributed by atoms with Crippen LogP contribution in [-0.4, -0.2) is 56.6 Å². The van der Waals surface area contributed by atoms with Crippen LogP contribution in [0.25, 0.3) is 0 Å². The Kier molecular flexibility index (Phi) is 9.24. The molecule has 29 heavy (non-hydrogen) atoms. The van der Waals surface area contributed by atoms with E-state index in [-0.39, 0.29) is 27.7 Å². The summed E-state index contributed by atoms with van der Waals surface area (Å²) in [6, 6.07) is 14.8. The van der Waals surface area contributed by atoms with Crippen LogP contribution < -0.4 is 13.9 Å². The normalized spacial score (nSPS) is 11.2. The second-order valence-corrected chi connectivity index (χ2v) is 15.6. The van der Waals surface area contributed by atoms with E-state index in [1.807, 2.05) is 24.3 Å². The molecule has 0 aliphatic rings. The van der Waals surface area contributed by atoms with Crippen LogP contribution in [0.15, 0.2) is 42.5 Å². The molecule has 0 N–H and O–H groups in total.